The molecule has 0 aliphatic heterocycles. The normalized spacial score (nSPS) is 10.2. The number of amides is 1. The number of nitrogens with one attached hydrogen (secondary N) is 2. The zero-order chi connectivity index (χ0) is 15.2. The van der Waals surface area contributed by atoms with Gasteiger partial charge < -0.3 is 10.6 Å². The van der Waals surface area contributed by atoms with Crippen LogP contribution in [0.2, 0.25) is 0 Å². The predicted octanol–water partition coefficient (Wildman–Crippen LogP) is 3.50. The molecule has 0 aliphatic carbocycles. The third-order valence-electron chi connectivity index (χ3n) is 3.52. The zero-order valence-electron chi connectivity index (χ0n) is 12.7. The first kappa shape index (κ1) is 15.0. The minimum absolute atomic E-state index is 0.173. The van der Waals surface area contributed by atoms with Gasteiger partial charge in [0.05, 0.1) is 11.9 Å². The molecule has 21 heavy (non-hydrogen) atoms. The lowest BCUT2D eigenvalue weighted by Gasteiger charge is -2.14. The van der Waals surface area contributed by atoms with Crippen molar-refractivity contribution in [3.63, 3.8) is 0 Å². The van der Waals surface area contributed by atoms with E-state index in [0.29, 0.717) is 5.69 Å². The van der Waals surface area contributed by atoms with Gasteiger partial charge in [0.1, 0.15) is 5.69 Å². The molecular weight excluding hydrogens is 262 g/mol. The van der Waals surface area contributed by atoms with Gasteiger partial charge in [-0.2, -0.15) is 0 Å². The Hall–Kier alpha value is -2.36. The summed E-state index contributed by atoms with van der Waals surface area (Å²) in [6.45, 7) is 4.18. The molecule has 0 spiro atoms. The van der Waals surface area contributed by atoms with Gasteiger partial charge >= 0.3 is 0 Å². The van der Waals surface area contributed by atoms with Gasteiger partial charge in [0, 0.05) is 12.7 Å². The molecular formula is C17H21N3O. The molecule has 1 amide bonds. The molecule has 0 fully saturated rings. The number of aryl methyl sites for hydroxylation is 2. The molecule has 110 valence electrons. The monoisotopic (exact) mass is 283 g/mol. The van der Waals surface area contributed by atoms with Gasteiger partial charge in [-0.15, -0.1) is 0 Å². The third-order valence-corrected chi connectivity index (χ3v) is 3.52. The van der Waals surface area contributed by atoms with E-state index in [1.165, 1.54) is 0 Å². The quantitative estimate of drug-likeness (QED) is 0.883. The Bertz CT molecular complexity index is 598. The lowest BCUT2D eigenvalue weighted by atomic mass is 10.0. The first-order valence-electron chi connectivity index (χ1n) is 7.25. The van der Waals surface area contributed by atoms with Gasteiger partial charge in [-0.1, -0.05) is 32.0 Å². The van der Waals surface area contributed by atoms with Crippen molar-refractivity contribution in [3.05, 3.63) is 53.3 Å². The Kier molecular flexibility index (Phi) is 4.93. The van der Waals surface area contributed by atoms with E-state index in [2.05, 4.69) is 29.5 Å². The highest BCUT2D eigenvalue weighted by Crippen LogP contribution is 2.23. The molecule has 4 nitrogen and oxygen atoms in total. The second-order valence-corrected chi connectivity index (χ2v) is 4.79. The summed E-state index contributed by atoms with van der Waals surface area (Å²) in [5.41, 5.74) is 4.52. The summed E-state index contributed by atoms with van der Waals surface area (Å²) in [6.07, 6.45) is 3.42. The molecule has 2 aromatic rings. The molecule has 0 aliphatic rings. The van der Waals surface area contributed by atoms with Crippen LogP contribution in [0.25, 0.3) is 0 Å². The van der Waals surface area contributed by atoms with Gasteiger partial charge in [0.15, 0.2) is 0 Å². The summed E-state index contributed by atoms with van der Waals surface area (Å²) >= 11 is 0. The number of para-hydroxylation sites is 1. The molecule has 0 atom stereocenters. The van der Waals surface area contributed by atoms with Crippen LogP contribution in [0, 0.1) is 0 Å². The molecule has 1 heterocycles. The molecule has 0 saturated heterocycles. The maximum Gasteiger partial charge on any atom is 0.274 e. The van der Waals surface area contributed by atoms with Crippen molar-refractivity contribution in [1.82, 2.24) is 4.98 Å². The maximum atomic E-state index is 12.4. The number of anilines is 2. The molecule has 1 aromatic carbocycles. The number of aromatic nitrogens is 1. The molecule has 1 aromatic heterocycles. The average Bonchev–Trinajstić information content (AvgIpc) is 2.55. The van der Waals surface area contributed by atoms with Crippen molar-refractivity contribution >= 4 is 17.3 Å². The van der Waals surface area contributed by atoms with Crippen molar-refractivity contribution in [3.8, 4) is 0 Å². The summed E-state index contributed by atoms with van der Waals surface area (Å²) < 4.78 is 0. The first-order chi connectivity index (χ1) is 10.2. The summed E-state index contributed by atoms with van der Waals surface area (Å²) in [5.74, 6) is -0.173. The number of hydrogen-bond donors (Lipinski definition) is 2. The van der Waals surface area contributed by atoms with Crippen molar-refractivity contribution < 1.29 is 4.79 Å². The SMILES string of the molecule is CCc1cccc(CC)c1NC(=O)c1ccc(NC)cn1. The van der Waals surface area contributed by atoms with Gasteiger partial charge in [-0.25, -0.2) is 4.98 Å². The van der Waals surface area contributed by atoms with Crippen LogP contribution in [0.15, 0.2) is 36.5 Å². The van der Waals surface area contributed by atoms with E-state index in [-0.39, 0.29) is 5.91 Å². The van der Waals surface area contributed by atoms with Crippen LogP contribution in [-0.2, 0) is 12.8 Å². The van der Waals surface area contributed by atoms with Crippen LogP contribution in [0.5, 0.6) is 0 Å². The molecule has 4 heteroatoms. The Labute approximate surface area is 125 Å². The van der Waals surface area contributed by atoms with Crippen molar-refractivity contribution in [2.45, 2.75) is 26.7 Å². The van der Waals surface area contributed by atoms with Crippen molar-refractivity contribution in [1.29, 1.82) is 0 Å². The van der Waals surface area contributed by atoms with Crippen molar-refractivity contribution in [2.75, 3.05) is 17.7 Å². The fourth-order valence-corrected chi connectivity index (χ4v) is 2.26. The lowest BCUT2D eigenvalue weighted by molar-refractivity contribution is 0.102. The second-order valence-electron chi connectivity index (χ2n) is 4.79. The summed E-state index contributed by atoms with van der Waals surface area (Å²) in [4.78, 5) is 16.5. The predicted molar refractivity (Wildman–Crippen MR) is 86.9 cm³/mol. The zero-order valence-corrected chi connectivity index (χ0v) is 12.7. The molecule has 0 unspecified atom stereocenters. The van der Waals surface area contributed by atoms with Gasteiger partial charge in [0.2, 0.25) is 0 Å². The van der Waals surface area contributed by atoms with Gasteiger partial charge in [0.25, 0.3) is 5.91 Å². The standard InChI is InChI=1S/C17H21N3O/c1-4-12-7-6-8-13(5-2)16(12)20-17(21)15-10-9-14(18-3)11-19-15/h6-11,18H,4-5H2,1-3H3,(H,20,21). The number of hydrogen-bond acceptors (Lipinski definition) is 3. The summed E-state index contributed by atoms with van der Waals surface area (Å²) in [5, 5.41) is 6.00. The average molecular weight is 283 g/mol. The molecule has 0 bridgehead atoms. The van der Waals surface area contributed by atoms with E-state index in [0.717, 1.165) is 35.3 Å². The third kappa shape index (κ3) is 3.40. The largest absolute Gasteiger partial charge is 0.387 e. The fraction of sp³-hybridized carbons (Fsp3) is 0.294. The number of pyridine rings is 1. The number of nitrogens with zero attached hydrogens (tertiary/aromatic N) is 1. The number of carbonyl (C=O) groups excluding carboxylic acids is 1. The van der Waals surface area contributed by atoms with E-state index >= 15 is 0 Å². The highest BCUT2D eigenvalue weighted by atomic mass is 16.1. The molecule has 2 rings (SSSR count). The molecule has 0 saturated carbocycles. The molecule has 0 radical (unpaired) electrons. The van der Waals surface area contributed by atoms with E-state index in [1.807, 2.05) is 31.3 Å². The van der Waals surface area contributed by atoms with Crippen molar-refractivity contribution in [2.24, 2.45) is 0 Å². The van der Waals surface area contributed by atoms with Gasteiger partial charge in [-0.3, -0.25) is 4.79 Å². The van der Waals surface area contributed by atoms with Crippen LogP contribution in [0.4, 0.5) is 11.4 Å². The Morgan fingerprint density at radius 1 is 1.10 bits per heavy atom. The Morgan fingerprint density at radius 2 is 1.76 bits per heavy atom. The minimum Gasteiger partial charge on any atom is -0.387 e. The van der Waals surface area contributed by atoms with Crippen LogP contribution in [-0.4, -0.2) is 17.9 Å². The van der Waals surface area contributed by atoms with E-state index < -0.39 is 0 Å². The lowest BCUT2D eigenvalue weighted by Crippen LogP contribution is -2.16. The summed E-state index contributed by atoms with van der Waals surface area (Å²) in [6, 6.07) is 9.70. The Balaban J connectivity index is 2.26. The number of rotatable bonds is 5. The minimum atomic E-state index is -0.173. The van der Waals surface area contributed by atoms with Crippen LogP contribution < -0.4 is 10.6 Å². The Morgan fingerprint density at radius 3 is 2.24 bits per heavy atom. The fourth-order valence-electron chi connectivity index (χ4n) is 2.26. The topological polar surface area (TPSA) is 54.0 Å². The number of carbonyl (C=O) groups is 1. The first-order valence-corrected chi connectivity index (χ1v) is 7.25. The van der Waals surface area contributed by atoms with E-state index in [9.17, 15) is 4.79 Å². The highest BCUT2D eigenvalue weighted by Gasteiger charge is 2.12. The number of benzene rings is 1. The molecule has 2 N–H and O–H groups in total. The maximum absolute atomic E-state index is 12.4. The summed E-state index contributed by atoms with van der Waals surface area (Å²) in [7, 11) is 1.82. The second kappa shape index (κ2) is 6.88. The highest BCUT2D eigenvalue weighted by molar-refractivity contribution is 6.03. The smallest absolute Gasteiger partial charge is 0.274 e. The van der Waals surface area contributed by atoms with E-state index in [1.54, 1.807) is 12.3 Å². The van der Waals surface area contributed by atoms with Crippen LogP contribution in [0.1, 0.15) is 35.5 Å². The van der Waals surface area contributed by atoms with Crippen LogP contribution >= 0.6 is 0 Å². The van der Waals surface area contributed by atoms with Gasteiger partial charge in [-0.05, 0) is 36.1 Å². The van der Waals surface area contributed by atoms with Crippen LogP contribution in [0.3, 0.4) is 0 Å². The van der Waals surface area contributed by atoms with E-state index in [4.69, 9.17) is 0 Å².